The molecule has 2 aliphatic rings. The van der Waals surface area contributed by atoms with Gasteiger partial charge in [-0.1, -0.05) is 110 Å². The van der Waals surface area contributed by atoms with Crippen molar-refractivity contribution < 1.29 is 9.90 Å². The first-order chi connectivity index (χ1) is 22.1. The second-order valence-corrected chi connectivity index (χ2v) is 12.1. The maximum Gasteiger partial charge on any atom is 0.346 e. The molecular formula is C41H34N2O2. The van der Waals surface area contributed by atoms with Gasteiger partial charge in [0, 0.05) is 29.3 Å². The average Bonchev–Trinajstić information content (AvgIpc) is 3.68. The molecule has 5 aromatic rings. The van der Waals surface area contributed by atoms with E-state index in [0.717, 1.165) is 24.8 Å². The minimum Gasteiger partial charge on any atom is -0.477 e. The zero-order valence-corrected chi connectivity index (χ0v) is 25.0. The van der Waals surface area contributed by atoms with Gasteiger partial charge in [-0.3, -0.25) is 0 Å². The van der Waals surface area contributed by atoms with Crippen molar-refractivity contribution in [2.24, 2.45) is 0 Å². The maximum atomic E-state index is 11.4. The molecule has 0 radical (unpaired) electrons. The van der Waals surface area contributed by atoms with Crippen LogP contribution in [0.25, 0.3) is 17.2 Å². The first-order valence-electron chi connectivity index (χ1n) is 15.7. The van der Waals surface area contributed by atoms with E-state index < -0.39 is 5.97 Å². The Balaban J connectivity index is 1.12. The van der Waals surface area contributed by atoms with Gasteiger partial charge in [0.15, 0.2) is 0 Å². The highest BCUT2D eigenvalue weighted by Gasteiger charge is 2.42. The van der Waals surface area contributed by atoms with Crippen LogP contribution in [0.4, 0.5) is 11.4 Å². The Morgan fingerprint density at radius 1 is 0.822 bits per heavy atom. The molecule has 45 heavy (non-hydrogen) atoms. The molecule has 0 aromatic heterocycles. The van der Waals surface area contributed by atoms with E-state index in [0.29, 0.717) is 17.9 Å². The summed E-state index contributed by atoms with van der Waals surface area (Å²) in [4.78, 5) is 13.8. The summed E-state index contributed by atoms with van der Waals surface area (Å²) < 4.78 is 0. The molecule has 2 unspecified atom stereocenters. The monoisotopic (exact) mass is 586 g/mol. The molecule has 4 nitrogen and oxygen atoms in total. The Labute approximate surface area is 264 Å². The summed E-state index contributed by atoms with van der Waals surface area (Å²) in [5, 5.41) is 18.5. The van der Waals surface area contributed by atoms with Crippen molar-refractivity contribution in [2.75, 3.05) is 4.90 Å². The van der Waals surface area contributed by atoms with Crippen molar-refractivity contribution in [1.29, 1.82) is 5.26 Å². The lowest BCUT2D eigenvalue weighted by molar-refractivity contribution is -0.132. The van der Waals surface area contributed by atoms with Crippen molar-refractivity contribution in [3.05, 3.63) is 161 Å². The van der Waals surface area contributed by atoms with Crippen molar-refractivity contribution in [3.63, 3.8) is 0 Å². The molecule has 0 spiro atoms. The number of benzene rings is 5. The maximum absolute atomic E-state index is 11.4. The second kappa shape index (κ2) is 12.3. The summed E-state index contributed by atoms with van der Waals surface area (Å²) in [6.45, 7) is 0. The third kappa shape index (κ3) is 5.66. The van der Waals surface area contributed by atoms with E-state index in [1.807, 2.05) is 6.07 Å². The third-order valence-corrected chi connectivity index (χ3v) is 9.46. The molecule has 1 N–H and O–H groups in total. The molecule has 1 aliphatic carbocycles. The SMILES string of the molecule is N#C/C(=C\c1ccc2c(c1)C1CCCC1N2c1ccc(-c2ccc(CC(c3ccccc3)c3ccccc3)cc2)cc1)C(=O)O. The molecule has 0 saturated heterocycles. The number of anilines is 2. The highest BCUT2D eigenvalue weighted by atomic mass is 16.4. The highest BCUT2D eigenvalue weighted by Crippen LogP contribution is 2.52. The number of rotatable bonds is 8. The van der Waals surface area contributed by atoms with Crippen LogP contribution >= 0.6 is 0 Å². The Bertz CT molecular complexity index is 1850. The summed E-state index contributed by atoms with van der Waals surface area (Å²) in [5.74, 6) is -0.485. The van der Waals surface area contributed by atoms with Gasteiger partial charge in [-0.15, -0.1) is 0 Å². The van der Waals surface area contributed by atoms with Crippen LogP contribution in [0.5, 0.6) is 0 Å². The van der Waals surface area contributed by atoms with Crippen molar-refractivity contribution in [1.82, 2.24) is 0 Å². The van der Waals surface area contributed by atoms with E-state index in [9.17, 15) is 15.2 Å². The van der Waals surface area contributed by atoms with Gasteiger partial charge in [-0.05, 0) is 88.5 Å². The van der Waals surface area contributed by atoms with E-state index in [1.54, 1.807) is 6.07 Å². The van der Waals surface area contributed by atoms with Crippen LogP contribution in [0.2, 0.25) is 0 Å². The van der Waals surface area contributed by atoms with E-state index in [2.05, 4.69) is 126 Å². The van der Waals surface area contributed by atoms with Crippen LogP contribution < -0.4 is 4.90 Å². The fourth-order valence-electron chi connectivity index (χ4n) is 7.29. The van der Waals surface area contributed by atoms with Crippen molar-refractivity contribution >= 4 is 23.4 Å². The van der Waals surface area contributed by atoms with Gasteiger partial charge in [0.25, 0.3) is 0 Å². The normalized spacial score (nSPS) is 17.2. The van der Waals surface area contributed by atoms with Gasteiger partial charge in [0.05, 0.1) is 0 Å². The largest absolute Gasteiger partial charge is 0.477 e. The summed E-state index contributed by atoms with van der Waals surface area (Å²) in [5.41, 5.74) is 10.5. The summed E-state index contributed by atoms with van der Waals surface area (Å²) in [6.07, 6.45) is 5.82. The Morgan fingerprint density at radius 3 is 2.04 bits per heavy atom. The standard InChI is InChI=1S/C41H34N2O2/c42-27-34(41(44)45)24-29-16-23-40-38(26-29)36-12-7-13-39(36)43(40)35-21-19-31(20-22-35)30-17-14-28(15-18-30)25-37(32-8-3-1-4-9-32)33-10-5-2-6-11-33/h1-6,8-11,14-24,26,36-37,39H,7,12-13,25H2,(H,44,45)/b34-24+. The molecule has 1 saturated carbocycles. The van der Waals surface area contributed by atoms with Gasteiger partial charge in [-0.25, -0.2) is 4.79 Å². The number of aliphatic carboxylic acids is 1. The fourth-order valence-corrected chi connectivity index (χ4v) is 7.29. The topological polar surface area (TPSA) is 64.3 Å². The smallest absolute Gasteiger partial charge is 0.346 e. The first-order valence-corrected chi connectivity index (χ1v) is 15.7. The zero-order valence-electron chi connectivity index (χ0n) is 25.0. The van der Waals surface area contributed by atoms with E-state index in [1.165, 1.54) is 57.3 Å². The molecule has 0 amide bonds. The van der Waals surface area contributed by atoms with Gasteiger partial charge >= 0.3 is 5.97 Å². The predicted molar refractivity (Wildman–Crippen MR) is 180 cm³/mol. The van der Waals surface area contributed by atoms with Crippen LogP contribution in [-0.4, -0.2) is 17.1 Å². The Morgan fingerprint density at radius 2 is 1.44 bits per heavy atom. The lowest BCUT2D eigenvalue weighted by atomic mass is 9.86. The molecule has 4 heteroatoms. The first kappa shape index (κ1) is 28.4. The molecule has 7 rings (SSSR count). The molecule has 220 valence electrons. The number of hydrogen-bond acceptors (Lipinski definition) is 3. The molecular weight excluding hydrogens is 552 g/mol. The predicted octanol–water partition coefficient (Wildman–Crippen LogP) is 9.51. The Hall–Kier alpha value is -5.40. The Kier molecular flexibility index (Phi) is 7.76. The van der Waals surface area contributed by atoms with Crippen LogP contribution in [0, 0.1) is 11.3 Å². The van der Waals surface area contributed by atoms with Crippen LogP contribution in [0.1, 0.15) is 58.9 Å². The van der Waals surface area contributed by atoms with Gasteiger partial charge in [0.2, 0.25) is 0 Å². The number of nitrogens with zero attached hydrogens (tertiary/aromatic N) is 2. The van der Waals surface area contributed by atoms with Crippen LogP contribution in [0.15, 0.2) is 133 Å². The second-order valence-electron chi connectivity index (χ2n) is 12.1. The van der Waals surface area contributed by atoms with E-state index >= 15 is 0 Å². The van der Waals surface area contributed by atoms with Gasteiger partial charge < -0.3 is 10.0 Å². The lowest BCUT2D eigenvalue weighted by Crippen LogP contribution is -2.26. The van der Waals surface area contributed by atoms with E-state index in [4.69, 9.17) is 0 Å². The molecule has 5 aromatic carbocycles. The summed E-state index contributed by atoms with van der Waals surface area (Å²) in [7, 11) is 0. The molecule has 2 atom stereocenters. The molecule has 1 heterocycles. The molecule has 0 bridgehead atoms. The number of hydrogen-bond donors (Lipinski definition) is 1. The van der Waals surface area contributed by atoms with E-state index in [-0.39, 0.29) is 5.57 Å². The lowest BCUT2D eigenvalue weighted by Gasteiger charge is -2.27. The minimum absolute atomic E-state index is 0.247. The third-order valence-electron chi connectivity index (χ3n) is 9.46. The highest BCUT2D eigenvalue weighted by molar-refractivity contribution is 5.96. The minimum atomic E-state index is -1.20. The van der Waals surface area contributed by atoms with Crippen molar-refractivity contribution in [3.8, 4) is 17.2 Å². The van der Waals surface area contributed by atoms with Crippen LogP contribution in [-0.2, 0) is 11.2 Å². The van der Waals surface area contributed by atoms with Crippen LogP contribution in [0.3, 0.4) is 0 Å². The van der Waals surface area contributed by atoms with Crippen molar-refractivity contribution in [2.45, 2.75) is 43.6 Å². The summed E-state index contributed by atoms with van der Waals surface area (Å²) >= 11 is 0. The molecule has 1 aliphatic heterocycles. The number of carboxylic acid groups (broad SMARTS) is 1. The number of carbonyl (C=O) groups is 1. The number of fused-ring (bicyclic) bond motifs is 3. The van der Waals surface area contributed by atoms with Gasteiger partial charge in [0.1, 0.15) is 11.6 Å². The summed E-state index contributed by atoms with van der Waals surface area (Å²) in [6, 6.07) is 47.6. The number of carboxylic acids is 1. The average molecular weight is 587 g/mol. The molecule has 1 fully saturated rings. The zero-order chi connectivity index (χ0) is 30.8. The fraction of sp³-hybridized carbons (Fsp3) is 0.171. The quantitative estimate of drug-likeness (QED) is 0.145. The number of nitriles is 1. The van der Waals surface area contributed by atoms with Gasteiger partial charge in [-0.2, -0.15) is 5.26 Å².